The first kappa shape index (κ1) is 12.3. The zero-order valence-corrected chi connectivity index (χ0v) is 9.65. The Hall–Kier alpha value is -2.21. The van der Waals surface area contributed by atoms with Crippen LogP contribution in [0.3, 0.4) is 0 Å². The molecule has 2 rings (SSSR count). The Bertz CT molecular complexity index is 537. The Morgan fingerprint density at radius 3 is 2.61 bits per heavy atom. The monoisotopic (exact) mass is 247 g/mol. The highest BCUT2D eigenvalue weighted by Crippen LogP contribution is 2.22. The third-order valence-electron chi connectivity index (χ3n) is 2.48. The average Bonchev–Trinajstić information content (AvgIpc) is 2.73. The highest BCUT2D eigenvalue weighted by Gasteiger charge is 2.16. The maximum absolute atomic E-state index is 10.8. The van der Waals surface area contributed by atoms with Gasteiger partial charge in [0.2, 0.25) is 0 Å². The molecule has 0 radical (unpaired) electrons. The zero-order valence-electron chi connectivity index (χ0n) is 9.65. The van der Waals surface area contributed by atoms with Gasteiger partial charge in [-0.2, -0.15) is 0 Å². The predicted octanol–water partition coefficient (Wildman–Crippen LogP) is 0.564. The van der Waals surface area contributed by atoms with Gasteiger partial charge in [-0.25, -0.2) is 4.68 Å². The van der Waals surface area contributed by atoms with Crippen LogP contribution in [0.4, 0.5) is 0 Å². The van der Waals surface area contributed by atoms with Gasteiger partial charge < -0.3 is 10.2 Å². The number of aromatic nitrogens is 3. The molecule has 0 aliphatic heterocycles. The van der Waals surface area contributed by atoms with Crippen LogP contribution in [0.5, 0.6) is 0 Å². The molecule has 1 heterocycles. The molecule has 2 N–H and O–H groups in total. The van der Waals surface area contributed by atoms with Crippen molar-refractivity contribution in [3.8, 4) is 11.3 Å². The molecule has 0 aliphatic carbocycles. The van der Waals surface area contributed by atoms with Crippen molar-refractivity contribution in [2.24, 2.45) is 0 Å². The molecule has 6 nitrogen and oxygen atoms in total. The third kappa shape index (κ3) is 2.54. The van der Waals surface area contributed by atoms with Gasteiger partial charge in [0.05, 0.1) is 25.3 Å². The van der Waals surface area contributed by atoms with Crippen molar-refractivity contribution in [3.63, 3.8) is 0 Å². The lowest BCUT2D eigenvalue weighted by Crippen LogP contribution is -2.07. The highest BCUT2D eigenvalue weighted by molar-refractivity contribution is 5.73. The lowest BCUT2D eigenvalue weighted by Gasteiger charge is -2.06. The quantitative estimate of drug-likeness (QED) is 0.806. The van der Waals surface area contributed by atoms with Crippen molar-refractivity contribution in [2.75, 3.05) is 6.61 Å². The minimum Gasteiger partial charge on any atom is -0.481 e. The number of carbonyl (C=O) groups is 1. The van der Waals surface area contributed by atoms with Gasteiger partial charge in [0.15, 0.2) is 0 Å². The smallest absolute Gasteiger partial charge is 0.309 e. The van der Waals surface area contributed by atoms with Crippen molar-refractivity contribution in [1.82, 2.24) is 15.0 Å². The minimum absolute atomic E-state index is 0.0737. The fourth-order valence-corrected chi connectivity index (χ4v) is 1.77. The lowest BCUT2D eigenvalue weighted by atomic mass is 10.1. The largest absolute Gasteiger partial charge is 0.481 e. The van der Waals surface area contributed by atoms with E-state index in [0.717, 1.165) is 5.56 Å². The van der Waals surface area contributed by atoms with Crippen LogP contribution in [0.1, 0.15) is 5.69 Å². The summed E-state index contributed by atoms with van der Waals surface area (Å²) in [6, 6.07) is 9.31. The maximum atomic E-state index is 10.8. The number of aliphatic hydroxyl groups excluding tert-OH is 1. The second kappa shape index (κ2) is 5.42. The molecule has 0 atom stereocenters. The van der Waals surface area contributed by atoms with Gasteiger partial charge in [0.1, 0.15) is 5.69 Å². The molecule has 2 aromatic rings. The van der Waals surface area contributed by atoms with Crippen molar-refractivity contribution >= 4 is 5.97 Å². The SMILES string of the molecule is O=C(O)Cc1nnn(CCO)c1-c1ccccc1. The first-order chi connectivity index (χ1) is 8.72. The van der Waals surface area contributed by atoms with Gasteiger partial charge in [-0.1, -0.05) is 35.5 Å². The van der Waals surface area contributed by atoms with E-state index >= 15 is 0 Å². The summed E-state index contributed by atoms with van der Waals surface area (Å²) in [5.41, 5.74) is 1.89. The van der Waals surface area contributed by atoms with E-state index in [1.165, 1.54) is 4.68 Å². The lowest BCUT2D eigenvalue weighted by molar-refractivity contribution is -0.136. The van der Waals surface area contributed by atoms with E-state index < -0.39 is 5.97 Å². The molecule has 0 saturated heterocycles. The number of aliphatic carboxylic acids is 1. The van der Waals surface area contributed by atoms with Crippen molar-refractivity contribution < 1.29 is 15.0 Å². The second-order valence-corrected chi connectivity index (χ2v) is 3.77. The molecule has 18 heavy (non-hydrogen) atoms. The molecule has 94 valence electrons. The summed E-state index contributed by atoms with van der Waals surface area (Å²) in [5.74, 6) is -0.955. The summed E-state index contributed by atoms with van der Waals surface area (Å²) < 4.78 is 1.52. The molecule has 0 spiro atoms. The number of benzene rings is 1. The van der Waals surface area contributed by atoms with Gasteiger partial charge in [-0.3, -0.25) is 4.79 Å². The van der Waals surface area contributed by atoms with E-state index in [-0.39, 0.29) is 19.6 Å². The zero-order chi connectivity index (χ0) is 13.0. The van der Waals surface area contributed by atoms with Crippen molar-refractivity contribution in [2.45, 2.75) is 13.0 Å². The van der Waals surface area contributed by atoms with E-state index in [4.69, 9.17) is 10.2 Å². The molecule has 1 aromatic carbocycles. The van der Waals surface area contributed by atoms with Crippen LogP contribution in [0.2, 0.25) is 0 Å². The number of carboxylic acid groups (broad SMARTS) is 1. The summed E-state index contributed by atoms with van der Waals surface area (Å²) in [6.45, 7) is 0.215. The molecule has 1 aromatic heterocycles. The van der Waals surface area contributed by atoms with Crippen LogP contribution in [-0.2, 0) is 17.8 Å². The number of carboxylic acids is 1. The highest BCUT2D eigenvalue weighted by atomic mass is 16.4. The molecular weight excluding hydrogens is 234 g/mol. The van der Waals surface area contributed by atoms with Crippen molar-refractivity contribution in [3.05, 3.63) is 36.0 Å². The topological polar surface area (TPSA) is 88.2 Å². The molecule has 0 amide bonds. The standard InChI is InChI=1S/C12H13N3O3/c16-7-6-15-12(9-4-2-1-3-5-9)10(13-14-15)8-11(17)18/h1-5,16H,6-8H2,(H,17,18). The minimum atomic E-state index is -0.955. The Kier molecular flexibility index (Phi) is 3.69. The van der Waals surface area contributed by atoms with E-state index in [2.05, 4.69) is 10.3 Å². The Labute approximate surface area is 103 Å². The van der Waals surface area contributed by atoms with Gasteiger partial charge in [-0.15, -0.1) is 5.10 Å². The van der Waals surface area contributed by atoms with E-state index in [0.29, 0.717) is 11.4 Å². The van der Waals surface area contributed by atoms with Crippen molar-refractivity contribution in [1.29, 1.82) is 0 Å². The average molecular weight is 247 g/mol. The Morgan fingerprint density at radius 2 is 2.00 bits per heavy atom. The van der Waals surface area contributed by atoms with Gasteiger partial charge in [0.25, 0.3) is 0 Å². The van der Waals surface area contributed by atoms with E-state index in [1.54, 1.807) is 0 Å². The second-order valence-electron chi connectivity index (χ2n) is 3.77. The predicted molar refractivity (Wildman–Crippen MR) is 63.9 cm³/mol. The van der Waals surface area contributed by atoms with E-state index in [1.807, 2.05) is 30.3 Å². The normalized spacial score (nSPS) is 10.5. The van der Waals surface area contributed by atoms with Crippen LogP contribution < -0.4 is 0 Å². The van der Waals surface area contributed by atoms with Crippen LogP contribution in [0.15, 0.2) is 30.3 Å². The summed E-state index contributed by atoms with van der Waals surface area (Å²) in [7, 11) is 0. The number of nitrogens with zero attached hydrogens (tertiary/aromatic N) is 3. The first-order valence-electron chi connectivity index (χ1n) is 5.53. The fourth-order valence-electron chi connectivity index (χ4n) is 1.77. The summed E-state index contributed by atoms with van der Waals surface area (Å²) in [5, 5.41) is 25.6. The van der Waals surface area contributed by atoms with E-state index in [9.17, 15) is 4.79 Å². The van der Waals surface area contributed by atoms with Crippen LogP contribution in [0.25, 0.3) is 11.3 Å². The molecular formula is C12H13N3O3. The molecule has 0 unspecified atom stereocenters. The van der Waals surface area contributed by atoms with Crippen LogP contribution in [0, 0.1) is 0 Å². The Balaban J connectivity index is 2.46. The molecule has 0 fully saturated rings. The maximum Gasteiger partial charge on any atom is 0.309 e. The van der Waals surface area contributed by atoms with Crippen LogP contribution in [-0.4, -0.2) is 37.8 Å². The molecule has 0 aliphatic rings. The summed E-state index contributed by atoms with van der Waals surface area (Å²) in [6.07, 6.45) is -0.185. The molecule has 0 bridgehead atoms. The van der Waals surface area contributed by atoms with Gasteiger partial charge in [-0.05, 0) is 0 Å². The molecule has 0 saturated carbocycles. The number of rotatable bonds is 5. The number of hydrogen-bond acceptors (Lipinski definition) is 4. The third-order valence-corrected chi connectivity index (χ3v) is 2.48. The number of aliphatic hydroxyl groups is 1. The summed E-state index contributed by atoms with van der Waals surface area (Å²) in [4.78, 5) is 10.8. The van der Waals surface area contributed by atoms with Gasteiger partial charge >= 0.3 is 5.97 Å². The molecule has 6 heteroatoms. The first-order valence-corrected chi connectivity index (χ1v) is 5.53. The number of hydrogen-bond donors (Lipinski definition) is 2. The summed E-state index contributed by atoms with van der Waals surface area (Å²) >= 11 is 0. The van der Waals surface area contributed by atoms with Gasteiger partial charge in [0, 0.05) is 5.56 Å². The fraction of sp³-hybridized carbons (Fsp3) is 0.250. The Morgan fingerprint density at radius 1 is 1.28 bits per heavy atom. The van der Waals surface area contributed by atoms with Crippen LogP contribution >= 0.6 is 0 Å².